The lowest BCUT2D eigenvalue weighted by molar-refractivity contribution is -0.885. The van der Waals surface area contributed by atoms with Crippen LogP contribution in [0.2, 0.25) is 0 Å². The molecule has 2 unspecified atom stereocenters. The summed E-state index contributed by atoms with van der Waals surface area (Å²) in [6.07, 6.45) is 0.487. The molecule has 1 N–H and O–H groups in total. The summed E-state index contributed by atoms with van der Waals surface area (Å²) in [6, 6.07) is 0. The normalized spacial score (nSPS) is 20.0. The second-order valence-electron chi connectivity index (χ2n) is 4.79. The van der Waals surface area contributed by atoms with E-state index in [4.69, 9.17) is 4.89 Å². The zero-order chi connectivity index (χ0) is 10.9. The van der Waals surface area contributed by atoms with Crippen LogP contribution in [-0.2, 0) is 4.57 Å². The van der Waals surface area contributed by atoms with E-state index in [-0.39, 0.29) is 10.4 Å². The molecule has 0 fully saturated rings. The minimum absolute atomic E-state index is 0.245. The molecule has 0 aromatic heterocycles. The number of nitrogens with zero attached hydrogens (tertiary/aromatic N) is 1. The Morgan fingerprint density at radius 2 is 1.77 bits per heavy atom. The largest absolute Gasteiger partial charge is 0.774 e. The average Bonchev–Trinajstić information content (AvgIpc) is 1.77. The minimum atomic E-state index is -4.23. The molecule has 0 bridgehead atoms. The third-order valence-electron chi connectivity index (χ3n) is 1.95. The number of hydrogen-bond acceptors (Lipinski definition) is 2. The van der Waals surface area contributed by atoms with E-state index >= 15 is 0 Å². The molecular formula is C8H20NO3P. The Labute approximate surface area is 80.3 Å². The molecule has 0 radical (unpaired) electrons. The van der Waals surface area contributed by atoms with Crippen LogP contribution in [0.15, 0.2) is 0 Å². The van der Waals surface area contributed by atoms with E-state index in [1.165, 1.54) is 0 Å². The quantitative estimate of drug-likeness (QED) is 0.545. The zero-order valence-corrected chi connectivity index (χ0v) is 9.91. The van der Waals surface area contributed by atoms with Crippen LogP contribution in [0.1, 0.15) is 20.3 Å². The van der Waals surface area contributed by atoms with Gasteiger partial charge >= 0.3 is 0 Å². The van der Waals surface area contributed by atoms with Crippen molar-refractivity contribution in [3.05, 3.63) is 0 Å². The first-order chi connectivity index (χ1) is 5.55. The summed E-state index contributed by atoms with van der Waals surface area (Å²) in [5.41, 5.74) is 0. The molecule has 0 aliphatic heterocycles. The maximum Gasteiger partial charge on any atom is 0.190 e. The lowest BCUT2D eigenvalue weighted by Gasteiger charge is -2.39. The van der Waals surface area contributed by atoms with Crippen molar-refractivity contribution < 1.29 is 18.8 Å². The Bertz CT molecular complexity index is 204. The molecule has 2 atom stereocenters. The Balaban J connectivity index is 4.68. The molecule has 80 valence electrons. The molecule has 0 saturated heterocycles. The van der Waals surface area contributed by atoms with Gasteiger partial charge in [-0.15, -0.1) is 0 Å². The standard InChI is InChI=1S/C8H20NO3P/c1-7(2)6-8(9(3,4)5)13(10,11)12/h7-8H,6H2,1-5H3,(H-,10,11,12). The van der Waals surface area contributed by atoms with Crippen molar-refractivity contribution in [2.75, 3.05) is 21.1 Å². The van der Waals surface area contributed by atoms with E-state index < -0.39 is 13.4 Å². The Morgan fingerprint density at radius 1 is 1.38 bits per heavy atom. The second-order valence-corrected chi connectivity index (χ2v) is 6.51. The van der Waals surface area contributed by atoms with Crippen LogP contribution in [-0.4, -0.2) is 36.3 Å². The van der Waals surface area contributed by atoms with E-state index in [9.17, 15) is 9.46 Å². The summed E-state index contributed by atoms with van der Waals surface area (Å²) in [4.78, 5) is 20.1. The summed E-state index contributed by atoms with van der Waals surface area (Å²) < 4.78 is 11.3. The van der Waals surface area contributed by atoms with Crippen molar-refractivity contribution in [2.24, 2.45) is 5.92 Å². The second kappa shape index (κ2) is 4.09. The van der Waals surface area contributed by atoms with Gasteiger partial charge in [-0.1, -0.05) is 13.8 Å². The van der Waals surface area contributed by atoms with Crippen LogP contribution in [0.3, 0.4) is 0 Å². The van der Waals surface area contributed by atoms with Gasteiger partial charge in [-0.2, -0.15) is 0 Å². The molecule has 4 nitrogen and oxygen atoms in total. The first-order valence-electron chi connectivity index (χ1n) is 4.39. The molecule has 0 aromatic rings. The molecule has 0 aliphatic carbocycles. The average molecular weight is 209 g/mol. The van der Waals surface area contributed by atoms with Gasteiger partial charge in [0.05, 0.1) is 21.1 Å². The highest BCUT2D eigenvalue weighted by Crippen LogP contribution is 2.43. The number of hydrogen-bond donors (Lipinski definition) is 1. The van der Waals surface area contributed by atoms with Crippen molar-refractivity contribution in [2.45, 2.75) is 26.1 Å². The van der Waals surface area contributed by atoms with Crippen molar-refractivity contribution >= 4 is 7.60 Å². The predicted octanol–water partition coefficient (Wildman–Crippen LogP) is 0.610. The maximum absolute atomic E-state index is 11.1. The molecule has 0 aromatic carbocycles. The van der Waals surface area contributed by atoms with E-state index in [0.717, 1.165) is 0 Å². The van der Waals surface area contributed by atoms with E-state index in [1.807, 2.05) is 13.8 Å². The SMILES string of the molecule is CC(C)CC([N+](C)(C)C)P(=O)([O-])O. The smallest absolute Gasteiger partial charge is 0.190 e. The molecule has 0 saturated carbocycles. The van der Waals surface area contributed by atoms with Crippen molar-refractivity contribution in [1.29, 1.82) is 0 Å². The van der Waals surface area contributed by atoms with Gasteiger partial charge in [-0.05, 0) is 5.92 Å². The minimum Gasteiger partial charge on any atom is -0.774 e. The molecular weight excluding hydrogens is 189 g/mol. The summed E-state index contributed by atoms with van der Waals surface area (Å²) in [7, 11) is 1.09. The Morgan fingerprint density at radius 3 is 1.85 bits per heavy atom. The molecule has 0 spiro atoms. The van der Waals surface area contributed by atoms with Gasteiger partial charge in [0.15, 0.2) is 13.4 Å². The highest BCUT2D eigenvalue weighted by Gasteiger charge is 2.33. The first kappa shape index (κ1) is 13.1. The van der Waals surface area contributed by atoms with E-state index in [1.54, 1.807) is 21.1 Å². The number of quaternary nitrogens is 1. The van der Waals surface area contributed by atoms with Crippen molar-refractivity contribution in [3.63, 3.8) is 0 Å². The van der Waals surface area contributed by atoms with Crippen molar-refractivity contribution in [1.82, 2.24) is 0 Å². The third-order valence-corrected chi connectivity index (χ3v) is 3.61. The van der Waals surface area contributed by atoms with Crippen LogP contribution < -0.4 is 4.89 Å². The lowest BCUT2D eigenvalue weighted by Crippen LogP contribution is -2.47. The lowest BCUT2D eigenvalue weighted by atomic mass is 10.1. The van der Waals surface area contributed by atoms with E-state index in [0.29, 0.717) is 6.42 Å². The Kier molecular flexibility index (Phi) is 4.13. The third kappa shape index (κ3) is 4.77. The van der Waals surface area contributed by atoms with Gasteiger partial charge < -0.3 is 18.8 Å². The monoisotopic (exact) mass is 209 g/mol. The summed E-state index contributed by atoms with van der Waals surface area (Å²) in [5, 5.41) is 0. The maximum atomic E-state index is 11.1. The van der Waals surface area contributed by atoms with Gasteiger partial charge in [0, 0.05) is 6.42 Å². The van der Waals surface area contributed by atoms with Crippen molar-refractivity contribution in [3.8, 4) is 0 Å². The fourth-order valence-corrected chi connectivity index (χ4v) is 2.87. The van der Waals surface area contributed by atoms with Crippen LogP contribution in [0.25, 0.3) is 0 Å². The number of rotatable bonds is 4. The zero-order valence-electron chi connectivity index (χ0n) is 9.02. The van der Waals surface area contributed by atoms with Gasteiger partial charge in [0.25, 0.3) is 0 Å². The van der Waals surface area contributed by atoms with Gasteiger partial charge in [-0.25, -0.2) is 0 Å². The molecule has 0 heterocycles. The molecule has 0 aliphatic rings. The van der Waals surface area contributed by atoms with Gasteiger partial charge in [0.2, 0.25) is 0 Å². The molecule has 5 heteroatoms. The highest BCUT2D eigenvalue weighted by molar-refractivity contribution is 7.50. The fourth-order valence-electron chi connectivity index (χ4n) is 1.31. The molecule has 13 heavy (non-hydrogen) atoms. The highest BCUT2D eigenvalue weighted by atomic mass is 31.2. The van der Waals surface area contributed by atoms with Crippen LogP contribution >= 0.6 is 7.60 Å². The summed E-state index contributed by atoms with van der Waals surface area (Å²) >= 11 is 0. The molecule has 0 rings (SSSR count). The van der Waals surface area contributed by atoms with Crippen LogP contribution in [0.5, 0.6) is 0 Å². The van der Waals surface area contributed by atoms with Gasteiger partial charge in [-0.3, -0.25) is 0 Å². The summed E-state index contributed by atoms with van der Waals surface area (Å²) in [5.74, 6) is -0.440. The Hall–Kier alpha value is 0.110. The van der Waals surface area contributed by atoms with Crippen LogP contribution in [0, 0.1) is 5.92 Å². The topological polar surface area (TPSA) is 60.4 Å². The van der Waals surface area contributed by atoms with E-state index in [2.05, 4.69) is 0 Å². The fraction of sp³-hybridized carbons (Fsp3) is 1.00. The molecule has 0 amide bonds. The summed E-state index contributed by atoms with van der Waals surface area (Å²) in [6.45, 7) is 3.89. The van der Waals surface area contributed by atoms with Crippen LogP contribution in [0.4, 0.5) is 0 Å². The first-order valence-corrected chi connectivity index (χ1v) is 6.04. The predicted molar refractivity (Wildman–Crippen MR) is 51.1 cm³/mol. The van der Waals surface area contributed by atoms with Gasteiger partial charge in [0.1, 0.15) is 0 Å².